The quantitative estimate of drug-likeness (QED) is 0.576. The molecule has 2 rings (SSSR count). The zero-order valence-electron chi connectivity index (χ0n) is 17.0. The van der Waals surface area contributed by atoms with Crippen molar-refractivity contribution in [3.63, 3.8) is 0 Å². The highest BCUT2D eigenvalue weighted by molar-refractivity contribution is 9.10. The smallest absolute Gasteiger partial charge is 0.411 e. The molecule has 0 aliphatic carbocycles. The predicted octanol–water partition coefficient (Wildman–Crippen LogP) is 6.33. The standard InChI is InChI=1S/C21H30BrN3O2/c1-7-14(3)25(20(26)27-21(4,5)6)18(8-2)19-23-13-17(24-19)15-9-11-16(22)12-10-15/h9-14,18H,7-8H2,1-6H3,(H,23,24)/t14?,18-/m0/s1. The summed E-state index contributed by atoms with van der Waals surface area (Å²) in [5.41, 5.74) is 1.45. The van der Waals surface area contributed by atoms with Gasteiger partial charge in [-0.15, -0.1) is 0 Å². The minimum Gasteiger partial charge on any atom is -0.444 e. The van der Waals surface area contributed by atoms with Crippen molar-refractivity contribution < 1.29 is 9.53 Å². The van der Waals surface area contributed by atoms with Crippen LogP contribution >= 0.6 is 15.9 Å². The molecular formula is C21H30BrN3O2. The van der Waals surface area contributed by atoms with Crippen LogP contribution in [0.15, 0.2) is 34.9 Å². The van der Waals surface area contributed by atoms with Crippen molar-refractivity contribution >= 4 is 22.0 Å². The summed E-state index contributed by atoms with van der Waals surface area (Å²) < 4.78 is 6.70. The fourth-order valence-electron chi connectivity index (χ4n) is 2.93. The number of rotatable bonds is 6. The lowest BCUT2D eigenvalue weighted by molar-refractivity contribution is 0.00429. The van der Waals surface area contributed by atoms with Gasteiger partial charge in [0.15, 0.2) is 0 Å². The number of ether oxygens (including phenoxy) is 1. The molecule has 0 saturated carbocycles. The van der Waals surface area contributed by atoms with Crippen molar-refractivity contribution in [1.82, 2.24) is 14.9 Å². The molecule has 0 aliphatic heterocycles. The first kappa shape index (κ1) is 21.5. The van der Waals surface area contributed by atoms with Gasteiger partial charge in [-0.2, -0.15) is 0 Å². The Morgan fingerprint density at radius 1 is 1.22 bits per heavy atom. The summed E-state index contributed by atoms with van der Waals surface area (Å²) in [5, 5.41) is 0. The van der Waals surface area contributed by atoms with E-state index in [1.165, 1.54) is 0 Å². The molecule has 1 aromatic carbocycles. The number of amides is 1. The molecule has 148 valence electrons. The van der Waals surface area contributed by atoms with Gasteiger partial charge in [0.05, 0.1) is 17.9 Å². The maximum Gasteiger partial charge on any atom is 0.411 e. The molecule has 2 atom stereocenters. The number of halogens is 1. The van der Waals surface area contributed by atoms with Crippen LogP contribution in [0.3, 0.4) is 0 Å². The van der Waals surface area contributed by atoms with Crippen LogP contribution in [0.4, 0.5) is 4.79 Å². The largest absolute Gasteiger partial charge is 0.444 e. The van der Waals surface area contributed by atoms with Crippen LogP contribution in [-0.2, 0) is 4.74 Å². The van der Waals surface area contributed by atoms with Crippen LogP contribution in [0.25, 0.3) is 11.3 Å². The van der Waals surface area contributed by atoms with Crippen molar-refractivity contribution in [3.8, 4) is 11.3 Å². The molecule has 0 radical (unpaired) electrons. The molecule has 0 fully saturated rings. The minimum absolute atomic E-state index is 0.0473. The van der Waals surface area contributed by atoms with Gasteiger partial charge in [-0.3, -0.25) is 4.90 Å². The molecule has 1 amide bonds. The van der Waals surface area contributed by atoms with Crippen LogP contribution in [-0.4, -0.2) is 32.6 Å². The Bertz CT molecular complexity index is 750. The number of aromatic amines is 1. The number of carbonyl (C=O) groups is 1. The number of benzene rings is 1. The molecule has 27 heavy (non-hydrogen) atoms. The van der Waals surface area contributed by atoms with Crippen LogP contribution in [0.5, 0.6) is 0 Å². The first-order chi connectivity index (χ1) is 12.7. The van der Waals surface area contributed by atoms with Crippen LogP contribution in [0, 0.1) is 0 Å². The third kappa shape index (κ3) is 5.58. The third-order valence-electron chi connectivity index (χ3n) is 4.46. The second-order valence-corrected chi connectivity index (χ2v) is 8.67. The van der Waals surface area contributed by atoms with E-state index < -0.39 is 5.60 Å². The summed E-state index contributed by atoms with van der Waals surface area (Å²) in [6.07, 6.45) is 3.11. The van der Waals surface area contributed by atoms with Gasteiger partial charge in [-0.05, 0) is 58.2 Å². The molecule has 0 spiro atoms. The van der Waals surface area contributed by atoms with Gasteiger partial charge in [-0.1, -0.05) is 41.9 Å². The highest BCUT2D eigenvalue weighted by atomic mass is 79.9. The molecule has 2 aromatic rings. The van der Waals surface area contributed by atoms with Crippen LogP contribution in [0.2, 0.25) is 0 Å². The van der Waals surface area contributed by atoms with E-state index in [1.807, 2.05) is 63.1 Å². The Balaban J connectivity index is 2.33. The Morgan fingerprint density at radius 2 is 1.85 bits per heavy atom. The fraction of sp³-hybridized carbons (Fsp3) is 0.524. The topological polar surface area (TPSA) is 58.2 Å². The molecule has 1 aromatic heterocycles. The second kappa shape index (κ2) is 8.91. The molecule has 6 heteroatoms. The molecular weight excluding hydrogens is 406 g/mol. The number of nitrogens with one attached hydrogen (secondary N) is 1. The van der Waals surface area contributed by atoms with E-state index in [0.29, 0.717) is 0 Å². The molecule has 1 unspecified atom stereocenters. The number of hydrogen-bond acceptors (Lipinski definition) is 3. The van der Waals surface area contributed by atoms with E-state index in [-0.39, 0.29) is 18.2 Å². The van der Waals surface area contributed by atoms with Gasteiger partial charge in [0.25, 0.3) is 0 Å². The summed E-state index contributed by atoms with van der Waals surface area (Å²) in [6, 6.07) is 7.94. The van der Waals surface area contributed by atoms with Gasteiger partial charge in [0, 0.05) is 10.5 Å². The first-order valence-corrected chi connectivity index (χ1v) is 10.3. The number of aromatic nitrogens is 2. The predicted molar refractivity (Wildman–Crippen MR) is 113 cm³/mol. The van der Waals surface area contributed by atoms with Gasteiger partial charge >= 0.3 is 6.09 Å². The summed E-state index contributed by atoms with van der Waals surface area (Å²) in [4.78, 5) is 22.7. The normalized spacial score (nSPS) is 13.9. The lowest BCUT2D eigenvalue weighted by Crippen LogP contribution is -2.44. The molecule has 0 saturated heterocycles. The molecule has 1 heterocycles. The van der Waals surface area contributed by atoms with Crippen molar-refractivity contribution in [2.75, 3.05) is 0 Å². The zero-order chi connectivity index (χ0) is 20.2. The molecule has 0 bridgehead atoms. The van der Waals surface area contributed by atoms with Crippen LogP contribution < -0.4 is 0 Å². The van der Waals surface area contributed by atoms with E-state index in [4.69, 9.17) is 4.74 Å². The summed E-state index contributed by atoms with van der Waals surface area (Å²) in [6.45, 7) is 11.8. The average molecular weight is 436 g/mol. The van der Waals surface area contributed by atoms with E-state index in [2.05, 4.69) is 39.7 Å². The zero-order valence-corrected chi connectivity index (χ0v) is 18.6. The van der Waals surface area contributed by atoms with E-state index in [0.717, 1.165) is 34.4 Å². The molecule has 5 nitrogen and oxygen atoms in total. The summed E-state index contributed by atoms with van der Waals surface area (Å²) in [7, 11) is 0. The number of imidazole rings is 1. The first-order valence-electron chi connectivity index (χ1n) is 9.48. The SMILES string of the molecule is CCC(C)N(C(=O)OC(C)(C)C)[C@@H](CC)c1ncc(-c2ccc(Br)cc2)[nH]1. The second-order valence-electron chi connectivity index (χ2n) is 7.76. The van der Waals surface area contributed by atoms with Gasteiger partial charge in [0.1, 0.15) is 11.4 Å². The summed E-state index contributed by atoms with van der Waals surface area (Å²) >= 11 is 3.46. The lowest BCUT2D eigenvalue weighted by Gasteiger charge is -2.36. The Morgan fingerprint density at radius 3 is 2.37 bits per heavy atom. The number of H-pyrrole nitrogens is 1. The van der Waals surface area contributed by atoms with Gasteiger partial charge in [0.2, 0.25) is 0 Å². The maximum absolute atomic E-state index is 12.9. The van der Waals surface area contributed by atoms with Crippen molar-refractivity contribution in [3.05, 3.63) is 40.8 Å². The molecule has 0 aliphatic rings. The van der Waals surface area contributed by atoms with Crippen molar-refractivity contribution in [2.24, 2.45) is 0 Å². The van der Waals surface area contributed by atoms with Crippen molar-refractivity contribution in [1.29, 1.82) is 0 Å². The molecule has 1 N–H and O–H groups in total. The number of hydrogen-bond donors (Lipinski definition) is 1. The van der Waals surface area contributed by atoms with Gasteiger partial charge < -0.3 is 9.72 Å². The number of nitrogens with zero attached hydrogens (tertiary/aromatic N) is 2. The third-order valence-corrected chi connectivity index (χ3v) is 4.99. The van der Waals surface area contributed by atoms with E-state index >= 15 is 0 Å². The lowest BCUT2D eigenvalue weighted by atomic mass is 10.1. The monoisotopic (exact) mass is 435 g/mol. The summed E-state index contributed by atoms with van der Waals surface area (Å²) in [5.74, 6) is 0.779. The minimum atomic E-state index is -0.535. The average Bonchev–Trinajstić information content (AvgIpc) is 3.07. The highest BCUT2D eigenvalue weighted by Gasteiger charge is 2.33. The van der Waals surface area contributed by atoms with Crippen LogP contribution in [0.1, 0.15) is 66.3 Å². The van der Waals surface area contributed by atoms with E-state index in [9.17, 15) is 4.79 Å². The Labute approximate surface area is 170 Å². The fourth-order valence-corrected chi connectivity index (χ4v) is 3.19. The maximum atomic E-state index is 12.9. The Kier molecular flexibility index (Phi) is 7.09. The highest BCUT2D eigenvalue weighted by Crippen LogP contribution is 2.29. The van der Waals surface area contributed by atoms with E-state index in [1.54, 1.807) is 0 Å². The van der Waals surface area contributed by atoms with Crippen molar-refractivity contribution in [2.45, 2.75) is 72.1 Å². The number of carbonyl (C=O) groups excluding carboxylic acids is 1. The van der Waals surface area contributed by atoms with Gasteiger partial charge in [-0.25, -0.2) is 9.78 Å². The Hall–Kier alpha value is -1.82.